The van der Waals surface area contributed by atoms with Crippen LogP contribution >= 0.6 is 11.8 Å². The number of thioether (sulfide) groups is 1. The summed E-state index contributed by atoms with van der Waals surface area (Å²) in [6.07, 6.45) is 2.51. The van der Waals surface area contributed by atoms with Gasteiger partial charge >= 0.3 is 5.97 Å². The normalized spacial score (nSPS) is 11.9. The van der Waals surface area contributed by atoms with Crippen LogP contribution in [-0.2, 0) is 9.59 Å². The molecular formula is C17H19NO3S. The molecule has 22 heavy (non-hydrogen) atoms. The molecule has 0 saturated heterocycles. The molecule has 0 saturated carbocycles. The molecule has 0 aromatic heterocycles. The van der Waals surface area contributed by atoms with E-state index >= 15 is 0 Å². The summed E-state index contributed by atoms with van der Waals surface area (Å²) in [5.41, 5.74) is 0. The number of hydrogen-bond acceptors (Lipinski definition) is 4. The smallest absolute Gasteiger partial charge is 0.334 e. The maximum absolute atomic E-state index is 12.4. The highest BCUT2D eigenvalue weighted by atomic mass is 32.2. The zero-order valence-corrected chi connectivity index (χ0v) is 13.5. The maximum Gasteiger partial charge on any atom is 0.334 e. The monoisotopic (exact) mass is 317 g/mol. The summed E-state index contributed by atoms with van der Waals surface area (Å²) in [4.78, 5) is 23.6. The van der Waals surface area contributed by atoms with E-state index in [2.05, 4.69) is 5.32 Å². The first-order valence-corrected chi connectivity index (χ1v) is 8.46. The molecule has 2 rings (SSSR count). The van der Waals surface area contributed by atoms with Crippen LogP contribution in [0.5, 0.6) is 5.75 Å². The topological polar surface area (TPSA) is 55.4 Å². The van der Waals surface area contributed by atoms with E-state index in [0.29, 0.717) is 12.2 Å². The Morgan fingerprint density at radius 1 is 1.18 bits per heavy atom. The van der Waals surface area contributed by atoms with Gasteiger partial charge in [0.2, 0.25) is 5.91 Å². The van der Waals surface area contributed by atoms with Gasteiger partial charge in [0, 0.05) is 12.3 Å². The molecule has 5 heteroatoms. The number of hydrogen-bond donors (Lipinski definition) is 1. The molecule has 0 bridgehead atoms. The second-order valence-corrected chi connectivity index (χ2v) is 5.92. The number of carbonyl (C=O) groups excluding carboxylic acids is 2. The van der Waals surface area contributed by atoms with Gasteiger partial charge in [0.05, 0.1) is 0 Å². The Hall–Kier alpha value is -2.01. The van der Waals surface area contributed by atoms with Crippen molar-refractivity contribution >= 4 is 34.4 Å². The molecule has 0 spiro atoms. The van der Waals surface area contributed by atoms with Crippen LogP contribution in [0.1, 0.15) is 13.3 Å². The van der Waals surface area contributed by atoms with Gasteiger partial charge in [-0.15, -0.1) is 0 Å². The first kappa shape index (κ1) is 16.4. The van der Waals surface area contributed by atoms with E-state index in [0.717, 1.165) is 16.5 Å². The Morgan fingerprint density at radius 3 is 2.64 bits per heavy atom. The SMILES string of the molecule is CSCC[C@H](NC(C)=O)C(=O)Oc1cccc2ccccc12. The van der Waals surface area contributed by atoms with Crippen LogP contribution < -0.4 is 10.1 Å². The van der Waals surface area contributed by atoms with Crippen molar-refractivity contribution in [3.63, 3.8) is 0 Å². The highest BCUT2D eigenvalue weighted by Gasteiger charge is 2.21. The van der Waals surface area contributed by atoms with Crippen molar-refractivity contribution in [2.75, 3.05) is 12.0 Å². The van der Waals surface area contributed by atoms with Gasteiger partial charge in [-0.3, -0.25) is 4.79 Å². The highest BCUT2D eigenvalue weighted by molar-refractivity contribution is 7.98. The summed E-state index contributed by atoms with van der Waals surface area (Å²) < 4.78 is 5.52. The van der Waals surface area contributed by atoms with E-state index in [9.17, 15) is 9.59 Å². The first-order chi connectivity index (χ1) is 10.6. The summed E-state index contributed by atoms with van der Waals surface area (Å²) in [6.45, 7) is 1.40. The average Bonchev–Trinajstić information content (AvgIpc) is 2.51. The largest absolute Gasteiger partial charge is 0.424 e. The first-order valence-electron chi connectivity index (χ1n) is 7.07. The summed E-state index contributed by atoms with van der Waals surface area (Å²) in [6, 6.07) is 12.7. The Labute approximate surface area is 134 Å². The standard InChI is InChI=1S/C17H19NO3S/c1-12(19)18-15(10-11-22-2)17(20)21-16-9-5-7-13-6-3-4-8-14(13)16/h3-9,15H,10-11H2,1-2H3,(H,18,19)/t15-/m0/s1. The van der Waals surface area contributed by atoms with E-state index in [1.165, 1.54) is 6.92 Å². The van der Waals surface area contributed by atoms with E-state index in [4.69, 9.17) is 4.74 Å². The zero-order valence-electron chi connectivity index (χ0n) is 12.7. The number of esters is 1. The molecule has 0 fully saturated rings. The van der Waals surface area contributed by atoms with E-state index < -0.39 is 12.0 Å². The van der Waals surface area contributed by atoms with Crippen molar-refractivity contribution in [2.24, 2.45) is 0 Å². The Balaban J connectivity index is 2.18. The lowest BCUT2D eigenvalue weighted by molar-refractivity contribution is -0.139. The lowest BCUT2D eigenvalue weighted by Crippen LogP contribution is -2.42. The van der Waals surface area contributed by atoms with Crippen molar-refractivity contribution in [2.45, 2.75) is 19.4 Å². The number of fused-ring (bicyclic) bond motifs is 1. The summed E-state index contributed by atoms with van der Waals surface area (Å²) in [5.74, 6) is 0.624. The van der Waals surface area contributed by atoms with E-state index in [-0.39, 0.29) is 5.91 Å². The van der Waals surface area contributed by atoms with Crippen molar-refractivity contribution in [1.29, 1.82) is 0 Å². The molecule has 1 atom stereocenters. The van der Waals surface area contributed by atoms with Crippen molar-refractivity contribution in [1.82, 2.24) is 5.32 Å². The summed E-state index contributed by atoms with van der Waals surface area (Å²) in [5, 5.41) is 4.54. The van der Waals surface area contributed by atoms with Crippen LogP contribution in [0.3, 0.4) is 0 Å². The van der Waals surface area contributed by atoms with Crippen LogP contribution in [0, 0.1) is 0 Å². The van der Waals surface area contributed by atoms with Crippen LogP contribution in [0.25, 0.3) is 10.8 Å². The Kier molecular flexibility index (Phi) is 5.83. The Bertz CT molecular complexity index is 667. The number of rotatable bonds is 6. The van der Waals surface area contributed by atoms with Crippen molar-refractivity contribution < 1.29 is 14.3 Å². The fourth-order valence-electron chi connectivity index (χ4n) is 2.19. The molecule has 2 aromatic rings. The molecule has 4 nitrogen and oxygen atoms in total. The van der Waals surface area contributed by atoms with Gasteiger partial charge in [0.1, 0.15) is 11.8 Å². The second kappa shape index (κ2) is 7.84. The number of benzene rings is 2. The second-order valence-electron chi connectivity index (χ2n) is 4.93. The third kappa shape index (κ3) is 4.24. The van der Waals surface area contributed by atoms with Crippen molar-refractivity contribution in [3.05, 3.63) is 42.5 Å². The van der Waals surface area contributed by atoms with Gasteiger partial charge in [-0.05, 0) is 29.9 Å². The molecule has 0 aliphatic rings. The third-order valence-corrected chi connectivity index (χ3v) is 3.88. The molecule has 0 unspecified atom stereocenters. The molecule has 0 heterocycles. The van der Waals surface area contributed by atoms with Gasteiger partial charge in [-0.2, -0.15) is 11.8 Å². The van der Waals surface area contributed by atoms with Gasteiger partial charge < -0.3 is 10.1 Å². The van der Waals surface area contributed by atoms with Crippen LogP contribution in [-0.4, -0.2) is 29.9 Å². The number of carbonyl (C=O) groups is 2. The highest BCUT2D eigenvalue weighted by Crippen LogP contribution is 2.25. The van der Waals surface area contributed by atoms with Crippen LogP contribution in [0.4, 0.5) is 0 Å². The number of amides is 1. The zero-order chi connectivity index (χ0) is 15.9. The number of nitrogens with one attached hydrogen (secondary N) is 1. The lowest BCUT2D eigenvalue weighted by atomic mass is 10.1. The van der Waals surface area contributed by atoms with Gasteiger partial charge in [0.15, 0.2) is 0 Å². The lowest BCUT2D eigenvalue weighted by Gasteiger charge is -2.17. The molecule has 1 amide bonds. The average molecular weight is 317 g/mol. The molecule has 2 aromatic carbocycles. The molecular weight excluding hydrogens is 298 g/mol. The molecule has 1 N–H and O–H groups in total. The number of ether oxygens (including phenoxy) is 1. The third-order valence-electron chi connectivity index (χ3n) is 3.23. The van der Waals surface area contributed by atoms with E-state index in [1.54, 1.807) is 17.8 Å². The van der Waals surface area contributed by atoms with Gasteiger partial charge in [0.25, 0.3) is 0 Å². The van der Waals surface area contributed by atoms with Gasteiger partial charge in [-0.25, -0.2) is 4.79 Å². The predicted octanol–water partition coefficient (Wildman–Crippen LogP) is 3.00. The minimum Gasteiger partial charge on any atom is -0.424 e. The summed E-state index contributed by atoms with van der Waals surface area (Å²) in [7, 11) is 0. The van der Waals surface area contributed by atoms with Gasteiger partial charge in [-0.1, -0.05) is 36.4 Å². The predicted molar refractivity (Wildman–Crippen MR) is 90.2 cm³/mol. The van der Waals surface area contributed by atoms with E-state index in [1.807, 2.05) is 42.7 Å². The van der Waals surface area contributed by atoms with Crippen LogP contribution in [0.2, 0.25) is 0 Å². The van der Waals surface area contributed by atoms with Crippen LogP contribution in [0.15, 0.2) is 42.5 Å². The minimum absolute atomic E-state index is 0.235. The molecule has 0 aliphatic carbocycles. The molecule has 0 aliphatic heterocycles. The molecule has 0 radical (unpaired) electrons. The quantitative estimate of drug-likeness (QED) is 0.657. The minimum atomic E-state index is -0.621. The fourth-order valence-corrected chi connectivity index (χ4v) is 2.67. The maximum atomic E-state index is 12.4. The summed E-state index contributed by atoms with van der Waals surface area (Å²) >= 11 is 1.62. The van der Waals surface area contributed by atoms with Crippen molar-refractivity contribution in [3.8, 4) is 5.75 Å². The Morgan fingerprint density at radius 2 is 1.91 bits per heavy atom. The fraction of sp³-hybridized carbons (Fsp3) is 0.294. The molecule has 116 valence electrons.